The van der Waals surface area contributed by atoms with E-state index < -0.39 is 277 Å². The topological polar surface area (TPSA) is 34.1 Å². The van der Waals surface area contributed by atoms with Gasteiger partial charge in [0.05, 0.1) is 46.5 Å². The van der Waals surface area contributed by atoms with E-state index in [0.717, 1.165) is 24.3 Å². The molecule has 57 heavy (non-hydrogen) atoms. The first-order valence-electron chi connectivity index (χ1n) is 31.9. The fourth-order valence-corrected chi connectivity index (χ4v) is 12.3. The fraction of sp³-hybridized carbons (Fsp3) is 0.0189. The van der Waals surface area contributed by atoms with Crippen molar-refractivity contribution in [2.24, 2.45) is 0 Å². The minimum Gasteiger partial charge on any atom is -0.309 e. The van der Waals surface area contributed by atoms with Gasteiger partial charge in [0, 0.05) is 31.8 Å². The zero-order chi connectivity index (χ0) is 64.3. The van der Waals surface area contributed by atoms with Crippen molar-refractivity contribution < 1.29 is 50.3 Å². The molecule has 0 fully saturated rings. The van der Waals surface area contributed by atoms with Crippen molar-refractivity contribution in [2.45, 2.75) is 5.41 Å². The normalized spacial score (nSPS) is 20.9. The van der Waals surface area contributed by atoms with E-state index in [4.69, 9.17) is 21.9 Å². The molecule has 0 saturated carbocycles. The van der Waals surface area contributed by atoms with E-state index in [1.165, 1.54) is 12.1 Å². The van der Waals surface area contributed by atoms with Gasteiger partial charge in [-0.25, -0.2) is 0 Å². The molecule has 0 atom stereocenters. The van der Waals surface area contributed by atoms with Crippen LogP contribution < -0.4 is 31.8 Å². The van der Waals surface area contributed by atoms with Crippen molar-refractivity contribution in [1.82, 2.24) is 0 Å². The first kappa shape index (κ1) is 15.2. The summed E-state index contributed by atoms with van der Waals surface area (Å²) >= 11 is 0. The molecule has 1 spiro atoms. The number of hydrogen-bond acceptors (Lipinski definition) is 2. The highest BCUT2D eigenvalue weighted by Gasteiger charge is 2.53. The maximum absolute atomic E-state index is 17.1. The molecule has 2 aliphatic carbocycles. The monoisotopic (exact) mass is 796 g/mol. The first-order chi connectivity index (χ1) is 40.5. The summed E-state index contributed by atoms with van der Waals surface area (Å²) in [6, 6.07) is -25.1. The van der Waals surface area contributed by atoms with Gasteiger partial charge in [-0.15, -0.1) is 0 Å². The van der Waals surface area contributed by atoms with Crippen molar-refractivity contribution in [2.75, 3.05) is 0 Å². The minimum atomic E-state index is -5.68. The molecule has 0 amide bonds. The highest BCUT2D eigenvalue weighted by atomic mass is 31.2. The molecule has 0 radical (unpaired) electrons. The second kappa shape index (κ2) is 12.9. The molecule has 0 aromatic heterocycles. The van der Waals surface area contributed by atoms with Crippen LogP contribution >= 0.6 is 14.3 Å². The molecule has 0 unspecified atom stereocenters. The van der Waals surface area contributed by atoms with E-state index in [1.807, 2.05) is 0 Å². The van der Waals surface area contributed by atoms with E-state index in [9.17, 15) is 19.2 Å². The molecule has 4 heteroatoms. The zero-order valence-corrected chi connectivity index (χ0v) is 30.5. The second-order valence-corrected chi connectivity index (χ2v) is 18.1. The Hall–Kier alpha value is -6.30. The van der Waals surface area contributed by atoms with E-state index in [0.29, 0.717) is 0 Å². The lowest BCUT2D eigenvalue weighted by Crippen LogP contribution is -2.31. The smallest absolute Gasteiger partial charge is 0.171 e. The van der Waals surface area contributed by atoms with Gasteiger partial charge in [-0.05, 0) is 67.4 Å². The van der Waals surface area contributed by atoms with E-state index in [-0.39, 0.29) is 11.1 Å². The Morgan fingerprint density at radius 3 is 1.26 bits per heavy atom. The average molecular weight is 797 g/mol. The van der Waals surface area contributed by atoms with Gasteiger partial charge in [0.2, 0.25) is 0 Å². The number of hydrogen-bond donors (Lipinski definition) is 0. The molecule has 2 aliphatic rings. The molecular formula is C53H36O2P2. The highest BCUT2D eigenvalue weighted by molar-refractivity contribution is 7.85. The number of rotatable bonds is 6. The first-order valence-corrected chi connectivity index (χ1v) is 20.3. The van der Waals surface area contributed by atoms with Crippen molar-refractivity contribution >= 4 is 56.9 Å². The lowest BCUT2D eigenvalue weighted by atomic mass is 9.70. The maximum atomic E-state index is 17.1. The van der Waals surface area contributed by atoms with Gasteiger partial charge in [0.1, 0.15) is 0 Å². The Kier molecular flexibility index (Phi) is 3.44. The van der Waals surface area contributed by atoms with E-state index in [2.05, 4.69) is 0 Å². The van der Waals surface area contributed by atoms with Gasteiger partial charge >= 0.3 is 0 Å². The molecule has 9 aromatic carbocycles. The van der Waals surface area contributed by atoms with Gasteiger partial charge in [-0.1, -0.05) is 206 Å². The van der Waals surface area contributed by atoms with E-state index in [1.54, 1.807) is 0 Å². The summed E-state index contributed by atoms with van der Waals surface area (Å²) in [6.45, 7) is 0. The molecule has 0 N–H and O–H groups in total. The molecule has 2 nitrogen and oxygen atoms in total. The summed E-state index contributed by atoms with van der Waals surface area (Å²) in [5, 5.41) is -7.03. The van der Waals surface area contributed by atoms with Crippen molar-refractivity contribution in [3.8, 4) is 22.3 Å². The molecule has 0 bridgehead atoms. The third kappa shape index (κ3) is 4.73. The molecule has 270 valence electrons. The standard InChI is InChI=1S/C53H36O2P2/c54-56(38-18-5-1-6-19-38,39-20-7-2-8-21-39)42-30-32-45-46-33-31-43(57(55,40-22-9-3-10-23-40)41-24-11-4-12-25-41)36-51(46)53(50(45)35-42)48-28-16-15-27-47(48)52-44-26-14-13-17-37(44)29-34-49(52)53/h1-36H/i1D,2D,3D,4D,5D,6D,7D,8D,9D,10D,11D,12D,13D,14D,15D,16D,17D,18D,19D,20D,21D,22D,23D,24D,25D,26D,27D,28D,29D,34D. The van der Waals surface area contributed by atoms with Gasteiger partial charge in [-0.3, -0.25) is 0 Å². The third-order valence-electron chi connectivity index (χ3n) is 10.2. The maximum Gasteiger partial charge on any atom is 0.171 e. The third-order valence-corrected chi connectivity index (χ3v) is 15.7. The van der Waals surface area contributed by atoms with Crippen molar-refractivity contribution in [3.05, 3.63) is 240 Å². The number of fused-ring (bicyclic) bond motifs is 12. The van der Waals surface area contributed by atoms with E-state index >= 15 is 9.13 Å². The second-order valence-electron chi connectivity index (χ2n) is 12.8. The lowest BCUT2D eigenvalue weighted by Gasteiger charge is -2.32. The summed E-state index contributed by atoms with van der Waals surface area (Å²) in [6.07, 6.45) is 0. The van der Waals surface area contributed by atoms with Crippen LogP contribution in [0.3, 0.4) is 0 Å². The predicted octanol–water partition coefficient (Wildman–Crippen LogP) is 10.5. The molecule has 9 aromatic rings. The van der Waals surface area contributed by atoms with Crippen LogP contribution in [0.15, 0.2) is 218 Å². The predicted molar refractivity (Wildman–Crippen MR) is 239 cm³/mol. The van der Waals surface area contributed by atoms with Crippen LogP contribution in [-0.4, -0.2) is 0 Å². The van der Waals surface area contributed by atoms with Crippen LogP contribution in [0.25, 0.3) is 33.0 Å². The van der Waals surface area contributed by atoms with Crippen LogP contribution in [0, 0.1) is 0 Å². The Bertz CT molecular complexity index is 4440. The lowest BCUT2D eigenvalue weighted by molar-refractivity contribution is 0.591. The molecular weight excluding hydrogens is 731 g/mol. The zero-order valence-electron chi connectivity index (χ0n) is 58.7. The largest absolute Gasteiger partial charge is 0.309 e. The van der Waals surface area contributed by atoms with Gasteiger partial charge < -0.3 is 9.13 Å². The fourth-order valence-electron chi connectivity index (χ4n) is 7.92. The van der Waals surface area contributed by atoms with Crippen molar-refractivity contribution in [3.63, 3.8) is 0 Å². The van der Waals surface area contributed by atoms with Crippen molar-refractivity contribution in [1.29, 1.82) is 0 Å². The molecule has 0 aliphatic heterocycles. The highest BCUT2D eigenvalue weighted by Crippen LogP contribution is 2.64. The Morgan fingerprint density at radius 1 is 0.351 bits per heavy atom. The van der Waals surface area contributed by atoms with Crippen LogP contribution in [0.2, 0.25) is 0 Å². The Morgan fingerprint density at radius 2 is 0.772 bits per heavy atom. The Balaban J connectivity index is 1.44. The average Bonchev–Trinajstić information content (AvgIpc) is 1.50. The van der Waals surface area contributed by atoms with Crippen LogP contribution in [0.4, 0.5) is 0 Å². The molecule has 0 saturated heterocycles. The van der Waals surface area contributed by atoms with Gasteiger partial charge in [0.15, 0.2) is 14.3 Å². The van der Waals surface area contributed by atoms with Crippen LogP contribution in [0.1, 0.15) is 63.4 Å². The minimum absolute atomic E-state index is 0.123. The quantitative estimate of drug-likeness (QED) is 0.157. The van der Waals surface area contributed by atoms with Gasteiger partial charge in [0.25, 0.3) is 0 Å². The summed E-state index contributed by atoms with van der Waals surface area (Å²) in [5.41, 5.74) is -6.22. The van der Waals surface area contributed by atoms with Gasteiger partial charge in [-0.2, -0.15) is 0 Å². The number of benzene rings is 9. The molecule has 11 rings (SSSR count). The summed E-state index contributed by atoms with van der Waals surface area (Å²) < 4.78 is 305. The summed E-state index contributed by atoms with van der Waals surface area (Å²) in [7, 11) is -11.4. The van der Waals surface area contributed by atoms with Crippen LogP contribution in [-0.2, 0) is 14.5 Å². The summed E-state index contributed by atoms with van der Waals surface area (Å²) in [5.74, 6) is 0. The molecule has 0 heterocycles. The SMILES string of the molecule is [2H]c1c([2H])c([2H])c(P(=O)(c2ccc3c(c2)C2(c4cc(P(=O)(c5c([2H])c([2H])c([2H])c([2H])c5[2H])c5c([2H])c([2H])c([2H])c([2H])c5[2H])ccc4-3)c3c([2H])c([2H])c([2H])c([2H])c3-c3c2c([2H])c([2H])c2c([2H])c([2H])c([2H])c([2H])c32)c2c([2H])c([2H])c([2H])c([2H])c2[2H])c([2H])c1[2H]. The Labute approximate surface area is 375 Å². The van der Waals surface area contributed by atoms with Crippen LogP contribution in [0.5, 0.6) is 0 Å². The summed E-state index contributed by atoms with van der Waals surface area (Å²) in [4.78, 5) is 0.